The van der Waals surface area contributed by atoms with Gasteiger partial charge in [0, 0.05) is 0 Å². The molecule has 0 spiro atoms. The molecule has 0 aromatic carbocycles. The number of carbonyl (C=O) groups excluding carboxylic acids is 1. The van der Waals surface area contributed by atoms with Crippen LogP contribution in [0.4, 0.5) is 0 Å². The van der Waals surface area contributed by atoms with Crippen LogP contribution in [0.3, 0.4) is 0 Å². The zero-order valence-corrected chi connectivity index (χ0v) is 9.02. The summed E-state index contributed by atoms with van der Waals surface area (Å²) in [6.45, 7) is 0. The molecule has 0 fully saturated rings. The van der Waals surface area contributed by atoms with E-state index in [-0.39, 0.29) is 6.42 Å². The van der Waals surface area contributed by atoms with Crippen molar-refractivity contribution in [2.24, 2.45) is 0 Å². The van der Waals surface area contributed by atoms with Gasteiger partial charge < -0.3 is 4.74 Å². The molecule has 1 atom stereocenters. The van der Waals surface area contributed by atoms with E-state index in [1.165, 1.54) is 11.8 Å². The number of methoxy groups -OCH3 is 1. The first-order valence-electron chi connectivity index (χ1n) is 3.46. The van der Waals surface area contributed by atoms with Gasteiger partial charge in [-0.2, -0.15) is 20.2 Å². The first-order chi connectivity index (χ1) is 5.93. The van der Waals surface area contributed by atoms with Crippen LogP contribution in [-0.2, 0) is 19.6 Å². The lowest BCUT2D eigenvalue weighted by Gasteiger charge is -2.09. The van der Waals surface area contributed by atoms with E-state index in [0.29, 0.717) is 5.75 Å². The van der Waals surface area contributed by atoms with Crippen LogP contribution in [0.15, 0.2) is 0 Å². The van der Waals surface area contributed by atoms with Crippen LogP contribution in [0.5, 0.6) is 0 Å². The third-order valence-electron chi connectivity index (χ3n) is 1.41. The normalized spacial score (nSPS) is 13.8. The molecule has 0 aliphatic heterocycles. The highest BCUT2D eigenvalue weighted by atomic mass is 32.2. The standard InChI is InChI=1S/C6H12O5S2/c1-11-6(7)5(3-4-12-2)13(8,9)10/h5H,3-4H2,1-2H3,(H,8,9,10). The molecule has 0 bridgehead atoms. The van der Waals surface area contributed by atoms with Crippen LogP contribution >= 0.6 is 11.8 Å². The van der Waals surface area contributed by atoms with E-state index in [1.54, 1.807) is 6.26 Å². The highest BCUT2D eigenvalue weighted by molar-refractivity contribution is 7.98. The average Bonchev–Trinajstić information content (AvgIpc) is 2.02. The highest BCUT2D eigenvalue weighted by Gasteiger charge is 2.31. The SMILES string of the molecule is COC(=O)C(CCSC)S(=O)(=O)O. The fourth-order valence-corrected chi connectivity index (χ4v) is 2.12. The first-order valence-corrected chi connectivity index (χ1v) is 6.36. The molecule has 0 aliphatic rings. The lowest BCUT2D eigenvalue weighted by atomic mass is 10.3. The van der Waals surface area contributed by atoms with Gasteiger partial charge in [-0.25, -0.2) is 0 Å². The second kappa shape index (κ2) is 5.46. The van der Waals surface area contributed by atoms with Crippen LogP contribution in [0.25, 0.3) is 0 Å². The Balaban J connectivity index is 4.47. The van der Waals surface area contributed by atoms with E-state index in [2.05, 4.69) is 4.74 Å². The molecule has 0 aliphatic carbocycles. The largest absolute Gasteiger partial charge is 0.468 e. The number of ether oxygens (including phenoxy) is 1. The minimum atomic E-state index is -4.34. The zero-order chi connectivity index (χ0) is 10.5. The average molecular weight is 228 g/mol. The number of hydrogen-bond acceptors (Lipinski definition) is 5. The van der Waals surface area contributed by atoms with E-state index in [4.69, 9.17) is 4.55 Å². The summed E-state index contributed by atoms with van der Waals surface area (Å²) in [4.78, 5) is 10.9. The quantitative estimate of drug-likeness (QED) is 0.533. The molecule has 7 heteroatoms. The molecule has 78 valence electrons. The van der Waals surface area contributed by atoms with Crippen molar-refractivity contribution in [3.63, 3.8) is 0 Å². The van der Waals surface area contributed by atoms with E-state index < -0.39 is 21.3 Å². The van der Waals surface area contributed by atoms with Gasteiger partial charge in [-0.3, -0.25) is 9.35 Å². The minimum Gasteiger partial charge on any atom is -0.468 e. The third kappa shape index (κ3) is 4.49. The maximum Gasteiger partial charge on any atom is 0.326 e. The highest BCUT2D eigenvalue weighted by Crippen LogP contribution is 2.09. The zero-order valence-electron chi connectivity index (χ0n) is 7.39. The molecule has 0 aromatic heterocycles. The maximum atomic E-state index is 10.9. The molecule has 0 heterocycles. The van der Waals surface area contributed by atoms with Gasteiger partial charge in [0.15, 0.2) is 5.25 Å². The van der Waals surface area contributed by atoms with Gasteiger partial charge >= 0.3 is 5.97 Å². The lowest BCUT2D eigenvalue weighted by Crippen LogP contribution is -2.31. The topological polar surface area (TPSA) is 80.7 Å². The summed E-state index contributed by atoms with van der Waals surface area (Å²) >= 11 is 1.39. The van der Waals surface area contributed by atoms with Crippen LogP contribution in [0.1, 0.15) is 6.42 Å². The van der Waals surface area contributed by atoms with E-state index in [1.807, 2.05) is 0 Å². The Morgan fingerprint density at radius 1 is 1.62 bits per heavy atom. The first kappa shape index (κ1) is 12.7. The Kier molecular flexibility index (Phi) is 5.34. The van der Waals surface area contributed by atoms with Gasteiger partial charge in [0.2, 0.25) is 0 Å². The van der Waals surface area contributed by atoms with Crippen LogP contribution < -0.4 is 0 Å². The Labute approximate surface area is 81.6 Å². The summed E-state index contributed by atoms with van der Waals surface area (Å²) in [7, 11) is -3.25. The summed E-state index contributed by atoms with van der Waals surface area (Å²) in [5.41, 5.74) is 0. The predicted octanol–water partition coefficient (Wildman–Crippen LogP) is 0.169. The number of esters is 1. The summed E-state index contributed by atoms with van der Waals surface area (Å²) in [6.07, 6.45) is 1.84. The third-order valence-corrected chi connectivity index (χ3v) is 3.20. The van der Waals surface area contributed by atoms with Crippen molar-refractivity contribution in [1.82, 2.24) is 0 Å². The molecule has 5 nitrogen and oxygen atoms in total. The number of carbonyl (C=O) groups is 1. The van der Waals surface area contributed by atoms with E-state index >= 15 is 0 Å². The van der Waals surface area contributed by atoms with Crippen LogP contribution in [0, 0.1) is 0 Å². The van der Waals surface area contributed by atoms with Crippen molar-refractivity contribution < 1.29 is 22.5 Å². The van der Waals surface area contributed by atoms with Crippen LogP contribution in [-0.4, -0.2) is 43.3 Å². The van der Waals surface area contributed by atoms with Gasteiger partial charge in [-0.1, -0.05) is 0 Å². The summed E-state index contributed by atoms with van der Waals surface area (Å²) in [5, 5.41) is -1.45. The predicted molar refractivity (Wildman–Crippen MR) is 50.4 cm³/mol. The number of hydrogen-bond donors (Lipinski definition) is 1. The van der Waals surface area contributed by atoms with Gasteiger partial charge in [0.1, 0.15) is 0 Å². The minimum absolute atomic E-state index is 0.0622. The molecule has 0 saturated heterocycles. The molecular formula is C6H12O5S2. The second-order valence-electron chi connectivity index (χ2n) is 2.31. The molecule has 1 N–H and O–H groups in total. The van der Waals surface area contributed by atoms with Crippen molar-refractivity contribution in [3.8, 4) is 0 Å². The molecule has 0 aromatic rings. The summed E-state index contributed by atoms with van der Waals surface area (Å²) in [6, 6.07) is 0. The fraction of sp³-hybridized carbons (Fsp3) is 0.833. The molecule has 0 rings (SSSR count). The Morgan fingerprint density at radius 2 is 2.15 bits per heavy atom. The van der Waals surface area contributed by atoms with E-state index in [0.717, 1.165) is 7.11 Å². The van der Waals surface area contributed by atoms with Crippen molar-refractivity contribution >= 4 is 27.8 Å². The molecule has 0 saturated carbocycles. The van der Waals surface area contributed by atoms with Crippen molar-refractivity contribution in [2.75, 3.05) is 19.1 Å². The van der Waals surface area contributed by atoms with Crippen molar-refractivity contribution in [1.29, 1.82) is 0 Å². The smallest absolute Gasteiger partial charge is 0.326 e. The van der Waals surface area contributed by atoms with Gasteiger partial charge in [0.05, 0.1) is 7.11 Å². The second-order valence-corrected chi connectivity index (χ2v) is 4.89. The summed E-state index contributed by atoms with van der Waals surface area (Å²) in [5.74, 6) is -0.448. The maximum absolute atomic E-state index is 10.9. The van der Waals surface area contributed by atoms with Crippen LogP contribution in [0.2, 0.25) is 0 Å². The summed E-state index contributed by atoms with van der Waals surface area (Å²) < 4.78 is 34.3. The Morgan fingerprint density at radius 3 is 2.46 bits per heavy atom. The van der Waals surface area contributed by atoms with Gasteiger partial charge in [0.25, 0.3) is 10.1 Å². The molecule has 0 radical (unpaired) electrons. The van der Waals surface area contributed by atoms with E-state index in [9.17, 15) is 13.2 Å². The van der Waals surface area contributed by atoms with Crippen molar-refractivity contribution in [3.05, 3.63) is 0 Å². The molecule has 1 unspecified atom stereocenters. The molecule has 0 amide bonds. The van der Waals surface area contributed by atoms with Gasteiger partial charge in [-0.15, -0.1) is 0 Å². The lowest BCUT2D eigenvalue weighted by molar-refractivity contribution is -0.140. The molecular weight excluding hydrogens is 216 g/mol. The van der Waals surface area contributed by atoms with Gasteiger partial charge in [-0.05, 0) is 18.4 Å². The van der Waals surface area contributed by atoms with Crippen molar-refractivity contribution in [2.45, 2.75) is 11.7 Å². The molecule has 13 heavy (non-hydrogen) atoms. The monoisotopic (exact) mass is 228 g/mol. The Bertz CT molecular complexity index is 258. The number of thioether (sulfide) groups is 1. The fourth-order valence-electron chi connectivity index (χ4n) is 0.745. The Hall–Kier alpha value is -0.270. The number of rotatable bonds is 5.